The Kier molecular flexibility index (Phi) is 5.06. The van der Waals surface area contributed by atoms with Crippen LogP contribution in [0, 0.1) is 6.92 Å². The minimum Gasteiger partial charge on any atom is -0.382 e. The van der Waals surface area contributed by atoms with Gasteiger partial charge in [0.2, 0.25) is 0 Å². The van der Waals surface area contributed by atoms with E-state index in [2.05, 4.69) is 31.6 Å². The first-order valence-corrected chi connectivity index (χ1v) is 8.62. The molecule has 1 amide bonds. The lowest BCUT2D eigenvalue weighted by Gasteiger charge is -2.07. The molecule has 0 aliphatic carbocycles. The van der Waals surface area contributed by atoms with Crippen molar-refractivity contribution in [1.29, 1.82) is 0 Å². The van der Waals surface area contributed by atoms with Crippen molar-refractivity contribution in [3.63, 3.8) is 0 Å². The van der Waals surface area contributed by atoms with Gasteiger partial charge in [-0.25, -0.2) is 4.68 Å². The molecule has 0 fully saturated rings. The van der Waals surface area contributed by atoms with Crippen molar-refractivity contribution in [2.24, 2.45) is 0 Å². The van der Waals surface area contributed by atoms with Gasteiger partial charge in [-0.2, -0.15) is 0 Å². The van der Waals surface area contributed by atoms with Crippen molar-refractivity contribution < 1.29 is 4.79 Å². The average molecular weight is 421 g/mol. The number of hydrogen-bond donors (Lipinski definition) is 2. The number of nitrogens with one attached hydrogen (secondary N) is 1. The second-order valence-corrected chi connectivity index (χ2v) is 6.87. The maximum absolute atomic E-state index is 12.4. The van der Waals surface area contributed by atoms with Crippen LogP contribution in [0.4, 0.5) is 11.5 Å². The summed E-state index contributed by atoms with van der Waals surface area (Å²) in [7, 11) is 0. The second kappa shape index (κ2) is 7.25. The largest absolute Gasteiger partial charge is 0.382 e. The van der Waals surface area contributed by atoms with Crippen molar-refractivity contribution in [3.05, 3.63) is 68.8 Å². The lowest BCUT2D eigenvalue weighted by Crippen LogP contribution is -2.15. The van der Waals surface area contributed by atoms with E-state index in [1.54, 1.807) is 12.1 Å². The van der Waals surface area contributed by atoms with E-state index in [1.165, 1.54) is 4.68 Å². The van der Waals surface area contributed by atoms with Crippen LogP contribution >= 0.6 is 27.5 Å². The van der Waals surface area contributed by atoms with Gasteiger partial charge >= 0.3 is 0 Å². The minimum absolute atomic E-state index is 0.0637. The Hall–Kier alpha value is -2.38. The Labute approximate surface area is 158 Å². The molecule has 3 aromatic rings. The number of carbonyl (C=O) groups is 1. The summed E-state index contributed by atoms with van der Waals surface area (Å²) in [6.45, 7) is 2.34. The lowest BCUT2D eigenvalue weighted by molar-refractivity contribution is 0.102. The van der Waals surface area contributed by atoms with Gasteiger partial charge in [0, 0.05) is 4.47 Å². The molecule has 128 valence electrons. The summed E-state index contributed by atoms with van der Waals surface area (Å²) in [4.78, 5) is 12.4. The van der Waals surface area contributed by atoms with Crippen molar-refractivity contribution >= 4 is 44.9 Å². The number of aromatic nitrogens is 3. The van der Waals surface area contributed by atoms with E-state index in [0.717, 1.165) is 15.6 Å². The summed E-state index contributed by atoms with van der Waals surface area (Å²) < 4.78 is 2.47. The van der Waals surface area contributed by atoms with E-state index in [9.17, 15) is 4.79 Å². The molecule has 6 nitrogen and oxygen atoms in total. The fourth-order valence-corrected chi connectivity index (χ4v) is 2.81. The van der Waals surface area contributed by atoms with Gasteiger partial charge in [-0.15, -0.1) is 5.10 Å². The lowest BCUT2D eigenvalue weighted by atomic mass is 10.2. The van der Waals surface area contributed by atoms with E-state index in [0.29, 0.717) is 17.3 Å². The second-order valence-electron chi connectivity index (χ2n) is 5.54. The zero-order valence-corrected chi connectivity index (χ0v) is 15.7. The van der Waals surface area contributed by atoms with Crippen molar-refractivity contribution in [2.75, 3.05) is 11.1 Å². The summed E-state index contributed by atoms with van der Waals surface area (Å²) in [5.41, 5.74) is 8.59. The molecule has 3 N–H and O–H groups in total. The molecule has 0 saturated carbocycles. The first kappa shape index (κ1) is 17.4. The molecule has 8 heteroatoms. The van der Waals surface area contributed by atoms with Crippen molar-refractivity contribution in [3.8, 4) is 0 Å². The number of halogens is 2. The average Bonchev–Trinajstić information content (AvgIpc) is 2.93. The Morgan fingerprint density at radius 1 is 1.28 bits per heavy atom. The molecule has 0 saturated heterocycles. The quantitative estimate of drug-likeness (QED) is 0.670. The Bertz CT molecular complexity index is 923. The molecule has 0 spiro atoms. The summed E-state index contributed by atoms with van der Waals surface area (Å²) in [6.07, 6.45) is 0. The van der Waals surface area contributed by atoms with E-state index in [4.69, 9.17) is 17.3 Å². The van der Waals surface area contributed by atoms with Crippen LogP contribution in [0.2, 0.25) is 5.02 Å². The third kappa shape index (κ3) is 4.00. The number of nitrogens with zero attached hydrogens (tertiary/aromatic N) is 3. The maximum Gasteiger partial charge on any atom is 0.280 e. The fraction of sp³-hybridized carbons (Fsp3) is 0.118. The molecule has 1 heterocycles. The monoisotopic (exact) mass is 419 g/mol. The van der Waals surface area contributed by atoms with Crippen LogP contribution in [0.5, 0.6) is 0 Å². The fourth-order valence-electron chi connectivity index (χ4n) is 2.26. The SMILES string of the molecule is Cc1ccc(NC(=O)c2nnn(Cc3ccc(Br)cc3)c2N)c(Cl)c1. The van der Waals surface area contributed by atoms with Gasteiger partial charge in [-0.3, -0.25) is 4.79 Å². The zero-order valence-electron chi connectivity index (χ0n) is 13.3. The first-order chi connectivity index (χ1) is 11.9. The zero-order chi connectivity index (χ0) is 18.0. The van der Waals surface area contributed by atoms with Crippen LogP contribution in [-0.2, 0) is 6.54 Å². The van der Waals surface area contributed by atoms with Crippen LogP contribution in [0.3, 0.4) is 0 Å². The predicted molar refractivity (Wildman–Crippen MR) is 102 cm³/mol. The molecule has 3 rings (SSSR count). The molecule has 0 unspecified atom stereocenters. The number of carbonyl (C=O) groups excluding carboxylic acids is 1. The molecule has 2 aromatic carbocycles. The van der Waals surface area contributed by atoms with Crippen LogP contribution in [0.15, 0.2) is 46.9 Å². The molecule has 25 heavy (non-hydrogen) atoms. The molecule has 0 aliphatic rings. The summed E-state index contributed by atoms with van der Waals surface area (Å²) >= 11 is 9.52. The normalized spacial score (nSPS) is 10.7. The van der Waals surface area contributed by atoms with E-state index >= 15 is 0 Å². The number of nitrogens with two attached hydrogens (primary N) is 1. The number of anilines is 2. The Morgan fingerprint density at radius 3 is 2.68 bits per heavy atom. The van der Waals surface area contributed by atoms with Crippen LogP contribution in [-0.4, -0.2) is 20.9 Å². The number of hydrogen-bond acceptors (Lipinski definition) is 4. The van der Waals surface area contributed by atoms with E-state index < -0.39 is 5.91 Å². The van der Waals surface area contributed by atoms with Crippen LogP contribution in [0.25, 0.3) is 0 Å². The first-order valence-electron chi connectivity index (χ1n) is 7.45. The molecular weight excluding hydrogens is 406 g/mol. The highest BCUT2D eigenvalue weighted by Crippen LogP contribution is 2.24. The van der Waals surface area contributed by atoms with Crippen LogP contribution < -0.4 is 11.1 Å². The van der Waals surface area contributed by atoms with Gasteiger partial charge in [0.1, 0.15) is 0 Å². The van der Waals surface area contributed by atoms with Gasteiger partial charge < -0.3 is 11.1 Å². The Balaban J connectivity index is 1.77. The highest BCUT2D eigenvalue weighted by Gasteiger charge is 2.18. The van der Waals surface area contributed by atoms with Gasteiger partial charge in [0.05, 0.1) is 17.3 Å². The third-order valence-corrected chi connectivity index (χ3v) is 4.45. The van der Waals surface area contributed by atoms with Gasteiger partial charge in [0.25, 0.3) is 5.91 Å². The number of rotatable bonds is 4. The number of aryl methyl sites for hydroxylation is 1. The standard InChI is InChI=1S/C17H15BrClN5O/c1-10-2-7-14(13(19)8-10)21-17(25)15-16(20)24(23-22-15)9-11-3-5-12(18)6-4-11/h2-8H,9,20H2,1H3,(H,21,25). The smallest absolute Gasteiger partial charge is 0.280 e. The number of benzene rings is 2. The molecule has 0 bridgehead atoms. The van der Waals surface area contributed by atoms with E-state index in [1.807, 2.05) is 37.3 Å². The van der Waals surface area contributed by atoms with E-state index in [-0.39, 0.29) is 11.5 Å². The molecular formula is C17H15BrClN5O. The van der Waals surface area contributed by atoms with Crippen molar-refractivity contribution in [2.45, 2.75) is 13.5 Å². The molecule has 1 aromatic heterocycles. The predicted octanol–water partition coefficient (Wildman–Crippen LogP) is 3.89. The number of amides is 1. The topological polar surface area (TPSA) is 85.8 Å². The van der Waals surface area contributed by atoms with Crippen LogP contribution in [0.1, 0.15) is 21.6 Å². The Morgan fingerprint density at radius 2 is 2.00 bits per heavy atom. The van der Waals surface area contributed by atoms with Gasteiger partial charge in [0.15, 0.2) is 11.5 Å². The molecule has 0 atom stereocenters. The van der Waals surface area contributed by atoms with Gasteiger partial charge in [-0.1, -0.05) is 50.9 Å². The third-order valence-electron chi connectivity index (χ3n) is 3.61. The molecule has 0 aliphatic heterocycles. The van der Waals surface area contributed by atoms with Crippen molar-refractivity contribution in [1.82, 2.24) is 15.0 Å². The highest BCUT2D eigenvalue weighted by atomic mass is 79.9. The van der Waals surface area contributed by atoms with Gasteiger partial charge in [-0.05, 0) is 42.3 Å². The minimum atomic E-state index is -0.453. The highest BCUT2D eigenvalue weighted by molar-refractivity contribution is 9.10. The summed E-state index contributed by atoms with van der Waals surface area (Å²) in [5.74, 6) is -0.256. The summed E-state index contributed by atoms with van der Waals surface area (Å²) in [5, 5.41) is 11.0. The maximum atomic E-state index is 12.4. The molecule has 0 radical (unpaired) electrons. The number of nitrogen functional groups attached to an aromatic ring is 1. The summed E-state index contributed by atoms with van der Waals surface area (Å²) in [6, 6.07) is 13.1.